The van der Waals surface area contributed by atoms with Gasteiger partial charge in [-0.3, -0.25) is 9.59 Å². The first-order chi connectivity index (χ1) is 11.3. The highest BCUT2D eigenvalue weighted by atomic mass is 19.2. The van der Waals surface area contributed by atoms with Crippen LogP contribution in [-0.2, 0) is 20.7 Å². The van der Waals surface area contributed by atoms with Gasteiger partial charge >= 0.3 is 5.97 Å². The van der Waals surface area contributed by atoms with Gasteiger partial charge in [0.25, 0.3) is 5.91 Å². The van der Waals surface area contributed by atoms with E-state index in [1.54, 1.807) is 0 Å². The van der Waals surface area contributed by atoms with Crippen molar-refractivity contribution < 1.29 is 23.1 Å². The quantitative estimate of drug-likeness (QED) is 0.854. The van der Waals surface area contributed by atoms with Crippen LogP contribution in [0.1, 0.15) is 18.1 Å². The maximum Gasteiger partial charge on any atom is 0.311 e. The number of rotatable bonds is 5. The van der Waals surface area contributed by atoms with E-state index in [-0.39, 0.29) is 12.1 Å². The Morgan fingerprint density at radius 2 is 1.75 bits per heavy atom. The number of hydrogen-bond acceptors (Lipinski definition) is 3. The second-order valence-electron chi connectivity index (χ2n) is 5.41. The average Bonchev–Trinajstić information content (AvgIpc) is 2.53. The molecule has 1 N–H and O–H groups in total. The maximum atomic E-state index is 13.1. The van der Waals surface area contributed by atoms with E-state index < -0.39 is 29.6 Å². The zero-order chi connectivity index (χ0) is 17.7. The highest BCUT2D eigenvalue weighted by Gasteiger charge is 2.18. The second kappa shape index (κ2) is 7.68. The van der Waals surface area contributed by atoms with Crippen molar-refractivity contribution in [1.29, 1.82) is 0 Å². The molecule has 0 aliphatic rings. The SMILES string of the molecule is Cc1ccc(CC(=O)O[C@H](C)C(=O)Nc2ccc(F)c(F)c2)cc1. The Morgan fingerprint density at radius 3 is 2.38 bits per heavy atom. The monoisotopic (exact) mass is 333 g/mol. The van der Waals surface area contributed by atoms with Gasteiger partial charge in [0.05, 0.1) is 6.42 Å². The first-order valence-electron chi connectivity index (χ1n) is 7.36. The topological polar surface area (TPSA) is 55.4 Å². The summed E-state index contributed by atoms with van der Waals surface area (Å²) in [5.41, 5.74) is 1.94. The van der Waals surface area contributed by atoms with Gasteiger partial charge in [0.15, 0.2) is 17.7 Å². The summed E-state index contributed by atoms with van der Waals surface area (Å²) in [4.78, 5) is 23.8. The molecule has 2 rings (SSSR count). The first kappa shape index (κ1) is 17.6. The number of ether oxygens (including phenoxy) is 1. The van der Waals surface area contributed by atoms with Crippen molar-refractivity contribution in [3.63, 3.8) is 0 Å². The number of aryl methyl sites for hydroxylation is 1. The summed E-state index contributed by atoms with van der Waals surface area (Å²) in [6.07, 6.45) is -1.01. The Morgan fingerprint density at radius 1 is 1.08 bits per heavy atom. The van der Waals surface area contributed by atoms with Crippen LogP contribution >= 0.6 is 0 Å². The minimum Gasteiger partial charge on any atom is -0.452 e. The molecule has 1 atom stereocenters. The minimum absolute atomic E-state index is 0.0447. The standard InChI is InChI=1S/C18H17F2NO3/c1-11-3-5-13(6-4-11)9-17(22)24-12(2)18(23)21-14-7-8-15(19)16(20)10-14/h3-8,10,12H,9H2,1-2H3,(H,21,23)/t12-/m1/s1. The van der Waals surface area contributed by atoms with Crippen LogP contribution in [0.4, 0.5) is 14.5 Å². The number of amides is 1. The number of anilines is 1. The third-order valence-electron chi connectivity index (χ3n) is 3.33. The summed E-state index contributed by atoms with van der Waals surface area (Å²) >= 11 is 0. The number of carbonyl (C=O) groups excluding carboxylic acids is 2. The number of benzene rings is 2. The molecule has 0 aliphatic carbocycles. The molecule has 4 nitrogen and oxygen atoms in total. The Kier molecular flexibility index (Phi) is 5.63. The van der Waals surface area contributed by atoms with Crippen LogP contribution in [0.3, 0.4) is 0 Å². The van der Waals surface area contributed by atoms with Gasteiger partial charge in [-0.05, 0) is 31.5 Å². The summed E-state index contributed by atoms with van der Waals surface area (Å²) < 4.78 is 31.0. The van der Waals surface area contributed by atoms with E-state index >= 15 is 0 Å². The number of halogens is 2. The van der Waals surface area contributed by atoms with Gasteiger partial charge in [-0.25, -0.2) is 8.78 Å². The van der Waals surface area contributed by atoms with Crippen molar-refractivity contribution in [2.75, 3.05) is 5.32 Å². The number of nitrogens with one attached hydrogen (secondary N) is 1. The molecule has 0 radical (unpaired) electrons. The van der Waals surface area contributed by atoms with Gasteiger partial charge in [-0.2, -0.15) is 0 Å². The van der Waals surface area contributed by atoms with Crippen molar-refractivity contribution in [3.8, 4) is 0 Å². The third-order valence-corrected chi connectivity index (χ3v) is 3.33. The van der Waals surface area contributed by atoms with Crippen molar-refractivity contribution >= 4 is 17.6 Å². The molecular weight excluding hydrogens is 316 g/mol. The van der Waals surface area contributed by atoms with Crippen LogP contribution in [0, 0.1) is 18.6 Å². The molecule has 1 amide bonds. The zero-order valence-electron chi connectivity index (χ0n) is 13.3. The molecule has 2 aromatic carbocycles. The fourth-order valence-electron chi connectivity index (χ4n) is 1.98. The summed E-state index contributed by atoms with van der Waals surface area (Å²) in [6.45, 7) is 3.34. The maximum absolute atomic E-state index is 13.1. The largest absolute Gasteiger partial charge is 0.452 e. The van der Waals surface area contributed by atoms with Crippen molar-refractivity contribution in [2.24, 2.45) is 0 Å². The molecule has 2 aromatic rings. The fourth-order valence-corrected chi connectivity index (χ4v) is 1.98. The molecule has 126 valence electrons. The minimum atomic E-state index is -1.07. The predicted octanol–water partition coefficient (Wildman–Crippen LogP) is 3.39. The van der Waals surface area contributed by atoms with Crippen molar-refractivity contribution in [2.45, 2.75) is 26.4 Å². The van der Waals surface area contributed by atoms with Gasteiger partial charge in [0, 0.05) is 11.8 Å². The van der Waals surface area contributed by atoms with Gasteiger partial charge in [0.2, 0.25) is 0 Å². The van der Waals surface area contributed by atoms with Crippen molar-refractivity contribution in [1.82, 2.24) is 0 Å². The van der Waals surface area contributed by atoms with E-state index in [0.29, 0.717) is 0 Å². The number of carbonyl (C=O) groups is 2. The smallest absolute Gasteiger partial charge is 0.311 e. The van der Waals surface area contributed by atoms with Gasteiger partial charge in [0.1, 0.15) is 0 Å². The second-order valence-corrected chi connectivity index (χ2v) is 5.41. The first-order valence-corrected chi connectivity index (χ1v) is 7.36. The van der Waals surface area contributed by atoms with Crippen LogP contribution in [0.5, 0.6) is 0 Å². The van der Waals surface area contributed by atoms with Crippen LogP contribution in [0.25, 0.3) is 0 Å². The summed E-state index contributed by atoms with van der Waals surface area (Å²) in [7, 11) is 0. The summed E-state index contributed by atoms with van der Waals surface area (Å²) in [6, 6.07) is 10.3. The van der Waals surface area contributed by atoms with E-state index in [4.69, 9.17) is 4.74 Å². The summed E-state index contributed by atoms with van der Waals surface area (Å²) in [5.74, 6) is -3.26. The van der Waals surface area contributed by atoms with Gasteiger partial charge in [-0.1, -0.05) is 29.8 Å². The lowest BCUT2D eigenvalue weighted by Gasteiger charge is -2.13. The Bertz CT molecular complexity index is 744. The molecule has 0 heterocycles. The molecule has 0 spiro atoms. The lowest BCUT2D eigenvalue weighted by Crippen LogP contribution is -2.30. The fraction of sp³-hybridized carbons (Fsp3) is 0.222. The Hall–Kier alpha value is -2.76. The predicted molar refractivity (Wildman–Crippen MR) is 85.4 cm³/mol. The third kappa shape index (κ3) is 4.87. The normalized spacial score (nSPS) is 11.7. The molecule has 0 aromatic heterocycles. The van der Waals surface area contributed by atoms with E-state index in [2.05, 4.69) is 5.32 Å². The zero-order valence-corrected chi connectivity index (χ0v) is 13.3. The molecule has 0 aliphatic heterocycles. The lowest BCUT2D eigenvalue weighted by atomic mass is 10.1. The van der Waals surface area contributed by atoms with E-state index in [1.165, 1.54) is 13.0 Å². The number of hydrogen-bond donors (Lipinski definition) is 1. The van der Waals surface area contributed by atoms with Gasteiger partial charge in [-0.15, -0.1) is 0 Å². The van der Waals surface area contributed by atoms with Crippen LogP contribution in [0.15, 0.2) is 42.5 Å². The molecular formula is C18H17F2NO3. The average molecular weight is 333 g/mol. The van der Waals surface area contributed by atoms with Crippen molar-refractivity contribution in [3.05, 3.63) is 65.2 Å². The van der Waals surface area contributed by atoms with Crippen LogP contribution in [0.2, 0.25) is 0 Å². The highest BCUT2D eigenvalue weighted by molar-refractivity contribution is 5.95. The molecule has 24 heavy (non-hydrogen) atoms. The lowest BCUT2D eigenvalue weighted by molar-refractivity contribution is -0.152. The van der Waals surface area contributed by atoms with Crippen LogP contribution < -0.4 is 5.32 Å². The highest BCUT2D eigenvalue weighted by Crippen LogP contribution is 2.14. The number of esters is 1. The molecule has 0 bridgehead atoms. The molecule has 0 unspecified atom stereocenters. The Labute approximate surface area is 138 Å². The molecule has 0 saturated heterocycles. The van der Waals surface area contributed by atoms with Gasteiger partial charge < -0.3 is 10.1 Å². The molecule has 0 fully saturated rings. The Balaban J connectivity index is 1.89. The van der Waals surface area contributed by atoms with E-state index in [1.807, 2.05) is 31.2 Å². The molecule has 6 heteroatoms. The van der Waals surface area contributed by atoms with E-state index in [9.17, 15) is 18.4 Å². The van der Waals surface area contributed by atoms with E-state index in [0.717, 1.165) is 23.3 Å². The summed E-state index contributed by atoms with van der Waals surface area (Å²) in [5, 5.41) is 2.36. The van der Waals surface area contributed by atoms with Crippen LogP contribution in [-0.4, -0.2) is 18.0 Å². The molecule has 0 saturated carbocycles.